The smallest absolute Gasteiger partial charge is 0.272 e. The average molecular weight is 374 g/mol. The number of hydrogen-bond donors (Lipinski definition) is 3. The Labute approximate surface area is 157 Å². The fraction of sp³-hybridized carbons (Fsp3) is 0.556. The zero-order valence-corrected chi connectivity index (χ0v) is 15.6. The van der Waals surface area contributed by atoms with Crippen molar-refractivity contribution in [2.24, 2.45) is 0 Å². The quantitative estimate of drug-likeness (QED) is 0.562. The van der Waals surface area contributed by atoms with Crippen LogP contribution in [0.25, 0.3) is 0 Å². The van der Waals surface area contributed by atoms with Gasteiger partial charge in [0.1, 0.15) is 5.82 Å². The molecule has 2 aromatic heterocycles. The van der Waals surface area contributed by atoms with Crippen LogP contribution in [0.4, 0.5) is 0 Å². The van der Waals surface area contributed by atoms with Crippen molar-refractivity contribution in [3.8, 4) is 0 Å². The topological polar surface area (TPSA) is 116 Å². The number of nitrogens with zero attached hydrogens (tertiary/aromatic N) is 3. The molecule has 0 aromatic carbocycles. The molecule has 146 valence electrons. The molecule has 27 heavy (non-hydrogen) atoms. The number of carbonyl (C=O) groups is 2. The molecule has 9 heteroatoms. The van der Waals surface area contributed by atoms with Crippen LogP contribution in [0.1, 0.15) is 47.3 Å². The Morgan fingerprint density at radius 1 is 1.41 bits per heavy atom. The summed E-state index contributed by atoms with van der Waals surface area (Å²) in [5, 5.41) is 10.0. The van der Waals surface area contributed by atoms with Gasteiger partial charge in [-0.2, -0.15) is 5.10 Å². The van der Waals surface area contributed by atoms with E-state index < -0.39 is 0 Å². The second-order valence-corrected chi connectivity index (χ2v) is 6.44. The van der Waals surface area contributed by atoms with Crippen molar-refractivity contribution >= 4 is 11.8 Å². The van der Waals surface area contributed by atoms with E-state index in [-0.39, 0.29) is 11.8 Å². The number of nitrogens with one attached hydrogen (secondary N) is 3. The van der Waals surface area contributed by atoms with Crippen LogP contribution in [-0.4, -0.2) is 63.2 Å². The number of ether oxygens (including phenoxy) is 1. The molecule has 0 unspecified atom stereocenters. The van der Waals surface area contributed by atoms with Crippen LogP contribution in [0.5, 0.6) is 0 Å². The zero-order chi connectivity index (χ0) is 19.1. The summed E-state index contributed by atoms with van der Waals surface area (Å²) in [4.78, 5) is 33.6. The van der Waals surface area contributed by atoms with Crippen LogP contribution in [0.3, 0.4) is 0 Å². The van der Waals surface area contributed by atoms with E-state index in [9.17, 15) is 9.59 Å². The zero-order valence-electron chi connectivity index (χ0n) is 15.6. The highest BCUT2D eigenvalue weighted by Gasteiger charge is 2.27. The molecule has 3 N–H and O–H groups in total. The number of aromatic nitrogens is 4. The van der Waals surface area contributed by atoms with Crippen molar-refractivity contribution in [2.75, 3.05) is 26.3 Å². The van der Waals surface area contributed by atoms with E-state index in [2.05, 4.69) is 25.5 Å². The minimum Gasteiger partial charge on any atom is -0.381 e. The Kier molecular flexibility index (Phi) is 6.59. The SMILES string of the molecule is CCOCCC(=O)N1CCc2c(C(=O)NCCCc3ncc[nH]3)n[nH]c2C1. The third-order valence-electron chi connectivity index (χ3n) is 4.60. The van der Waals surface area contributed by atoms with Gasteiger partial charge in [-0.1, -0.05) is 0 Å². The van der Waals surface area contributed by atoms with E-state index in [1.165, 1.54) is 0 Å². The largest absolute Gasteiger partial charge is 0.381 e. The fourth-order valence-corrected chi connectivity index (χ4v) is 3.16. The Bertz CT molecular complexity index is 755. The predicted molar refractivity (Wildman–Crippen MR) is 98.1 cm³/mol. The molecule has 3 rings (SSSR count). The molecule has 2 amide bonds. The maximum absolute atomic E-state index is 12.4. The highest BCUT2D eigenvalue weighted by molar-refractivity contribution is 5.94. The second kappa shape index (κ2) is 9.31. The molecule has 0 fully saturated rings. The van der Waals surface area contributed by atoms with E-state index in [4.69, 9.17) is 4.74 Å². The molecule has 0 bridgehead atoms. The maximum Gasteiger partial charge on any atom is 0.272 e. The van der Waals surface area contributed by atoms with E-state index in [1.54, 1.807) is 17.3 Å². The first-order chi connectivity index (χ1) is 13.2. The Hall–Kier alpha value is -2.68. The van der Waals surface area contributed by atoms with Gasteiger partial charge in [-0.25, -0.2) is 4.98 Å². The molecular formula is C18H26N6O3. The molecule has 0 radical (unpaired) electrons. The van der Waals surface area contributed by atoms with Gasteiger partial charge < -0.3 is 19.9 Å². The number of aryl methyl sites for hydroxylation is 1. The molecule has 1 aliphatic heterocycles. The summed E-state index contributed by atoms with van der Waals surface area (Å²) < 4.78 is 5.24. The molecule has 0 saturated heterocycles. The number of carbonyl (C=O) groups excluding carboxylic acids is 2. The lowest BCUT2D eigenvalue weighted by molar-refractivity contribution is -0.133. The molecule has 0 atom stereocenters. The summed E-state index contributed by atoms with van der Waals surface area (Å²) in [6.45, 7) is 4.57. The molecule has 9 nitrogen and oxygen atoms in total. The van der Waals surface area contributed by atoms with Crippen molar-refractivity contribution in [1.82, 2.24) is 30.4 Å². The molecular weight excluding hydrogens is 348 g/mol. The summed E-state index contributed by atoms with van der Waals surface area (Å²) in [5.74, 6) is 0.797. The molecule has 2 aromatic rings. The van der Waals surface area contributed by atoms with Gasteiger partial charge in [0, 0.05) is 44.1 Å². The summed E-state index contributed by atoms with van der Waals surface area (Å²) in [6.07, 6.45) is 6.09. The van der Waals surface area contributed by atoms with Gasteiger partial charge in [-0.15, -0.1) is 0 Å². The summed E-state index contributed by atoms with van der Waals surface area (Å²) in [6, 6.07) is 0. The Balaban J connectivity index is 1.48. The monoisotopic (exact) mass is 374 g/mol. The number of aromatic amines is 2. The highest BCUT2D eigenvalue weighted by Crippen LogP contribution is 2.20. The number of amides is 2. The van der Waals surface area contributed by atoms with E-state index in [0.29, 0.717) is 51.4 Å². The minimum absolute atomic E-state index is 0.0626. The van der Waals surface area contributed by atoms with Crippen LogP contribution >= 0.6 is 0 Å². The van der Waals surface area contributed by atoms with Crippen LogP contribution in [0.2, 0.25) is 0 Å². The van der Waals surface area contributed by atoms with Crippen LogP contribution in [0.15, 0.2) is 12.4 Å². The average Bonchev–Trinajstić information content (AvgIpc) is 3.34. The fourth-order valence-electron chi connectivity index (χ4n) is 3.16. The highest BCUT2D eigenvalue weighted by atomic mass is 16.5. The van der Waals surface area contributed by atoms with Crippen molar-refractivity contribution in [3.05, 3.63) is 35.2 Å². The normalized spacial score (nSPS) is 13.4. The number of hydrogen-bond acceptors (Lipinski definition) is 5. The van der Waals surface area contributed by atoms with Gasteiger partial charge in [-0.3, -0.25) is 14.7 Å². The molecule has 0 saturated carbocycles. The van der Waals surface area contributed by atoms with Crippen molar-refractivity contribution < 1.29 is 14.3 Å². The number of H-pyrrole nitrogens is 2. The van der Waals surface area contributed by atoms with Gasteiger partial charge in [-0.05, 0) is 19.8 Å². The van der Waals surface area contributed by atoms with Gasteiger partial charge in [0.05, 0.1) is 25.3 Å². The van der Waals surface area contributed by atoms with Gasteiger partial charge >= 0.3 is 0 Å². The molecule has 3 heterocycles. The van der Waals surface area contributed by atoms with Crippen molar-refractivity contribution in [2.45, 2.75) is 39.2 Å². The van der Waals surface area contributed by atoms with Crippen LogP contribution in [0, 0.1) is 0 Å². The summed E-state index contributed by atoms with van der Waals surface area (Å²) in [5.41, 5.74) is 2.18. The molecule has 0 spiro atoms. The van der Waals surface area contributed by atoms with Crippen molar-refractivity contribution in [3.63, 3.8) is 0 Å². The molecule has 1 aliphatic rings. The lowest BCUT2D eigenvalue weighted by atomic mass is 10.0. The maximum atomic E-state index is 12.4. The first kappa shape index (κ1) is 19.1. The third-order valence-corrected chi connectivity index (χ3v) is 4.60. The first-order valence-electron chi connectivity index (χ1n) is 9.37. The Morgan fingerprint density at radius 3 is 3.07 bits per heavy atom. The van der Waals surface area contributed by atoms with E-state index >= 15 is 0 Å². The molecule has 0 aliphatic carbocycles. The van der Waals surface area contributed by atoms with Crippen LogP contribution < -0.4 is 5.32 Å². The van der Waals surface area contributed by atoms with Crippen molar-refractivity contribution in [1.29, 1.82) is 0 Å². The summed E-state index contributed by atoms with van der Waals surface area (Å²) >= 11 is 0. The van der Waals surface area contributed by atoms with Gasteiger partial charge in [0.2, 0.25) is 5.91 Å². The van der Waals surface area contributed by atoms with E-state index in [1.807, 2.05) is 6.92 Å². The lowest BCUT2D eigenvalue weighted by Crippen LogP contribution is -2.37. The second-order valence-electron chi connectivity index (χ2n) is 6.44. The third kappa shape index (κ3) is 4.94. The first-order valence-corrected chi connectivity index (χ1v) is 9.37. The summed E-state index contributed by atoms with van der Waals surface area (Å²) in [7, 11) is 0. The van der Waals surface area contributed by atoms with E-state index in [0.717, 1.165) is 29.9 Å². The van der Waals surface area contributed by atoms with Crippen LogP contribution in [-0.2, 0) is 28.9 Å². The van der Waals surface area contributed by atoms with Gasteiger partial charge in [0.15, 0.2) is 5.69 Å². The minimum atomic E-state index is -0.178. The standard InChI is InChI=1S/C18H26N6O3/c1-2-27-11-6-16(25)24-10-5-13-14(12-24)22-23-17(13)18(26)21-7-3-4-15-19-8-9-20-15/h8-9H,2-7,10-12H2,1H3,(H,19,20)(H,21,26)(H,22,23). The Morgan fingerprint density at radius 2 is 2.30 bits per heavy atom. The number of imidazole rings is 1. The lowest BCUT2D eigenvalue weighted by Gasteiger charge is -2.26. The predicted octanol–water partition coefficient (Wildman–Crippen LogP) is 0.807. The van der Waals surface area contributed by atoms with Gasteiger partial charge in [0.25, 0.3) is 5.91 Å². The number of fused-ring (bicyclic) bond motifs is 1. The number of rotatable bonds is 9.